The Morgan fingerprint density at radius 3 is 2.60 bits per heavy atom. The van der Waals surface area contributed by atoms with E-state index < -0.39 is 0 Å². The molecular formula is C14H14ClN5. The van der Waals surface area contributed by atoms with E-state index in [4.69, 9.17) is 11.6 Å². The first-order valence-electron chi connectivity index (χ1n) is 6.26. The Balaban J connectivity index is 2.12. The summed E-state index contributed by atoms with van der Waals surface area (Å²) in [4.78, 5) is 8.62. The standard InChI is InChI=1S/C14H14ClN5/c1-16-13(14-10(15)8-19-20(14)2)9-3-4-11-12(7-9)18-6-5-17-11/h3-8,13,16H,1-2H3. The summed E-state index contributed by atoms with van der Waals surface area (Å²) in [6, 6.07) is 5.97. The summed E-state index contributed by atoms with van der Waals surface area (Å²) < 4.78 is 1.78. The summed E-state index contributed by atoms with van der Waals surface area (Å²) in [5.74, 6) is 0. The molecule has 0 fully saturated rings. The van der Waals surface area contributed by atoms with E-state index in [1.807, 2.05) is 32.3 Å². The molecule has 1 unspecified atom stereocenters. The minimum atomic E-state index is -0.0404. The molecule has 102 valence electrons. The fourth-order valence-electron chi connectivity index (χ4n) is 2.37. The van der Waals surface area contributed by atoms with Crippen LogP contribution in [0.1, 0.15) is 17.3 Å². The number of nitrogens with one attached hydrogen (secondary N) is 1. The molecule has 3 rings (SSSR count). The van der Waals surface area contributed by atoms with Crippen molar-refractivity contribution in [2.75, 3.05) is 7.05 Å². The van der Waals surface area contributed by atoms with Gasteiger partial charge >= 0.3 is 0 Å². The molecule has 5 nitrogen and oxygen atoms in total. The highest BCUT2D eigenvalue weighted by atomic mass is 35.5. The molecule has 2 aromatic heterocycles. The Kier molecular flexibility index (Phi) is 3.38. The van der Waals surface area contributed by atoms with Crippen molar-refractivity contribution in [2.24, 2.45) is 7.05 Å². The average molecular weight is 288 g/mol. The van der Waals surface area contributed by atoms with E-state index in [2.05, 4.69) is 20.4 Å². The molecule has 6 heteroatoms. The molecule has 0 bridgehead atoms. The summed E-state index contributed by atoms with van der Waals surface area (Å²) in [6.45, 7) is 0. The van der Waals surface area contributed by atoms with E-state index in [0.717, 1.165) is 22.3 Å². The molecule has 0 saturated carbocycles. The predicted molar refractivity (Wildman–Crippen MR) is 78.7 cm³/mol. The van der Waals surface area contributed by atoms with Gasteiger partial charge in [0.2, 0.25) is 0 Å². The van der Waals surface area contributed by atoms with Crippen molar-refractivity contribution in [1.82, 2.24) is 25.1 Å². The van der Waals surface area contributed by atoms with Crippen molar-refractivity contribution in [3.8, 4) is 0 Å². The summed E-state index contributed by atoms with van der Waals surface area (Å²) >= 11 is 6.24. The molecule has 1 N–H and O–H groups in total. The fraction of sp³-hybridized carbons (Fsp3) is 0.214. The van der Waals surface area contributed by atoms with Gasteiger partial charge in [-0.05, 0) is 24.7 Å². The van der Waals surface area contributed by atoms with Crippen LogP contribution >= 0.6 is 11.6 Å². The Labute approximate surface area is 121 Å². The van der Waals surface area contributed by atoms with Crippen LogP contribution in [-0.2, 0) is 7.05 Å². The van der Waals surface area contributed by atoms with Crippen LogP contribution in [-0.4, -0.2) is 26.8 Å². The molecule has 20 heavy (non-hydrogen) atoms. The van der Waals surface area contributed by atoms with Gasteiger partial charge in [0.25, 0.3) is 0 Å². The van der Waals surface area contributed by atoms with Crippen LogP contribution in [0.15, 0.2) is 36.8 Å². The van der Waals surface area contributed by atoms with Crippen molar-refractivity contribution in [3.63, 3.8) is 0 Å². The first-order valence-corrected chi connectivity index (χ1v) is 6.64. The molecule has 0 aliphatic rings. The Bertz CT molecular complexity index is 733. The van der Waals surface area contributed by atoms with E-state index >= 15 is 0 Å². The van der Waals surface area contributed by atoms with Crippen LogP contribution < -0.4 is 5.32 Å². The second-order valence-corrected chi connectivity index (χ2v) is 4.93. The zero-order valence-corrected chi connectivity index (χ0v) is 12.0. The van der Waals surface area contributed by atoms with E-state index in [9.17, 15) is 0 Å². The molecule has 0 saturated heterocycles. The third-order valence-electron chi connectivity index (χ3n) is 3.33. The molecule has 0 radical (unpaired) electrons. The van der Waals surface area contributed by atoms with Crippen LogP contribution in [0.2, 0.25) is 5.02 Å². The van der Waals surface area contributed by atoms with E-state index in [1.165, 1.54) is 0 Å². The third-order valence-corrected chi connectivity index (χ3v) is 3.62. The summed E-state index contributed by atoms with van der Waals surface area (Å²) in [7, 11) is 3.78. The normalized spacial score (nSPS) is 12.8. The quantitative estimate of drug-likeness (QED) is 0.803. The summed E-state index contributed by atoms with van der Waals surface area (Å²) in [6.07, 6.45) is 5.04. The van der Waals surface area contributed by atoms with Crippen molar-refractivity contribution in [1.29, 1.82) is 0 Å². The number of halogens is 1. The Hall–Kier alpha value is -1.98. The Morgan fingerprint density at radius 1 is 1.20 bits per heavy atom. The summed E-state index contributed by atoms with van der Waals surface area (Å²) in [5, 5.41) is 8.11. The molecule has 3 aromatic rings. The Morgan fingerprint density at radius 2 is 1.95 bits per heavy atom. The predicted octanol–water partition coefficient (Wildman–Crippen LogP) is 2.33. The number of aryl methyl sites for hydroxylation is 1. The van der Waals surface area contributed by atoms with Crippen LogP contribution in [0.5, 0.6) is 0 Å². The van der Waals surface area contributed by atoms with Gasteiger partial charge in [0, 0.05) is 19.4 Å². The lowest BCUT2D eigenvalue weighted by Crippen LogP contribution is -2.21. The lowest BCUT2D eigenvalue weighted by Gasteiger charge is -2.18. The molecule has 1 aromatic carbocycles. The minimum absolute atomic E-state index is 0.0404. The van der Waals surface area contributed by atoms with Gasteiger partial charge in [-0.3, -0.25) is 14.6 Å². The maximum absolute atomic E-state index is 6.24. The number of rotatable bonds is 3. The highest BCUT2D eigenvalue weighted by molar-refractivity contribution is 6.31. The first kappa shape index (κ1) is 13.0. The van der Waals surface area contributed by atoms with E-state index in [1.54, 1.807) is 23.3 Å². The van der Waals surface area contributed by atoms with Crippen LogP contribution in [0.25, 0.3) is 11.0 Å². The van der Waals surface area contributed by atoms with Crippen molar-refractivity contribution in [2.45, 2.75) is 6.04 Å². The minimum Gasteiger partial charge on any atom is -0.308 e. The second kappa shape index (κ2) is 5.19. The topological polar surface area (TPSA) is 55.6 Å². The lowest BCUT2D eigenvalue weighted by molar-refractivity contribution is 0.606. The molecule has 0 amide bonds. The highest BCUT2D eigenvalue weighted by Crippen LogP contribution is 2.28. The first-order chi connectivity index (χ1) is 9.70. The van der Waals surface area contributed by atoms with Gasteiger partial charge in [0.05, 0.1) is 34.0 Å². The number of fused-ring (bicyclic) bond motifs is 1. The molecule has 2 heterocycles. The van der Waals surface area contributed by atoms with Gasteiger partial charge in [-0.1, -0.05) is 17.7 Å². The second-order valence-electron chi connectivity index (χ2n) is 4.53. The average Bonchev–Trinajstić information content (AvgIpc) is 2.80. The van der Waals surface area contributed by atoms with E-state index in [-0.39, 0.29) is 6.04 Å². The zero-order chi connectivity index (χ0) is 14.1. The maximum atomic E-state index is 6.24. The third kappa shape index (κ3) is 2.15. The molecule has 0 aliphatic carbocycles. The van der Waals surface area contributed by atoms with Gasteiger partial charge in [-0.15, -0.1) is 0 Å². The fourth-order valence-corrected chi connectivity index (χ4v) is 2.64. The number of benzene rings is 1. The van der Waals surface area contributed by atoms with Crippen LogP contribution in [0.3, 0.4) is 0 Å². The van der Waals surface area contributed by atoms with Crippen molar-refractivity contribution in [3.05, 3.63) is 53.1 Å². The van der Waals surface area contributed by atoms with Gasteiger partial charge < -0.3 is 5.32 Å². The van der Waals surface area contributed by atoms with E-state index in [0.29, 0.717) is 5.02 Å². The summed E-state index contributed by atoms with van der Waals surface area (Å²) in [5.41, 5.74) is 3.74. The highest BCUT2D eigenvalue weighted by Gasteiger charge is 2.19. The van der Waals surface area contributed by atoms with Gasteiger partial charge in [-0.2, -0.15) is 5.10 Å². The number of hydrogen-bond donors (Lipinski definition) is 1. The number of hydrogen-bond acceptors (Lipinski definition) is 4. The molecule has 0 spiro atoms. The van der Waals surface area contributed by atoms with Crippen LogP contribution in [0, 0.1) is 0 Å². The zero-order valence-electron chi connectivity index (χ0n) is 11.2. The molecule has 1 atom stereocenters. The number of nitrogens with zero attached hydrogens (tertiary/aromatic N) is 4. The molecule has 0 aliphatic heterocycles. The van der Waals surface area contributed by atoms with Gasteiger partial charge in [0.15, 0.2) is 0 Å². The smallest absolute Gasteiger partial charge is 0.0890 e. The lowest BCUT2D eigenvalue weighted by atomic mass is 10.0. The monoisotopic (exact) mass is 287 g/mol. The van der Waals surface area contributed by atoms with Gasteiger partial charge in [-0.25, -0.2) is 0 Å². The van der Waals surface area contributed by atoms with Crippen LogP contribution in [0.4, 0.5) is 0 Å². The number of aromatic nitrogens is 4. The van der Waals surface area contributed by atoms with Gasteiger partial charge in [0.1, 0.15) is 0 Å². The van der Waals surface area contributed by atoms with Crippen molar-refractivity contribution < 1.29 is 0 Å². The SMILES string of the molecule is CNC(c1ccc2nccnc2c1)c1c(Cl)cnn1C. The maximum Gasteiger partial charge on any atom is 0.0890 e. The largest absolute Gasteiger partial charge is 0.308 e. The molecular weight excluding hydrogens is 274 g/mol. The van der Waals surface area contributed by atoms with Crippen molar-refractivity contribution >= 4 is 22.6 Å².